The number of carbonyl (C=O) groups is 3. The standard InChI is InChI=1S/C21H18N4O3/c1-14-2-7-17-18(12-14)21(28)25(20(17)27)10-8-19(26)23-15-3-5-16(6-4-15)24-11-9-22-13-24/h2-7,9,11-13H,8,10H2,1H3,(H,23,26). The summed E-state index contributed by atoms with van der Waals surface area (Å²) in [4.78, 5) is 42.2. The lowest BCUT2D eigenvalue weighted by Crippen LogP contribution is -2.32. The van der Waals surface area contributed by atoms with Crippen molar-refractivity contribution in [3.05, 3.63) is 77.9 Å². The van der Waals surface area contributed by atoms with Crippen LogP contribution in [0.4, 0.5) is 5.69 Å². The molecule has 0 atom stereocenters. The summed E-state index contributed by atoms with van der Waals surface area (Å²) in [5.41, 5.74) is 3.29. The topological polar surface area (TPSA) is 84.3 Å². The summed E-state index contributed by atoms with van der Waals surface area (Å²) in [7, 11) is 0. The third kappa shape index (κ3) is 3.29. The fourth-order valence-corrected chi connectivity index (χ4v) is 3.17. The van der Waals surface area contributed by atoms with Crippen LogP contribution < -0.4 is 5.32 Å². The molecule has 2 aromatic carbocycles. The van der Waals surface area contributed by atoms with Crippen LogP contribution in [0.2, 0.25) is 0 Å². The molecule has 0 saturated carbocycles. The minimum atomic E-state index is -0.350. The number of aromatic nitrogens is 2. The quantitative estimate of drug-likeness (QED) is 0.696. The summed E-state index contributed by atoms with van der Waals surface area (Å²) in [5.74, 6) is -0.957. The van der Waals surface area contributed by atoms with Crippen molar-refractivity contribution in [2.75, 3.05) is 11.9 Å². The van der Waals surface area contributed by atoms with E-state index < -0.39 is 0 Å². The Balaban J connectivity index is 1.36. The molecule has 7 nitrogen and oxygen atoms in total. The van der Waals surface area contributed by atoms with Crippen LogP contribution in [0.1, 0.15) is 32.7 Å². The van der Waals surface area contributed by atoms with Gasteiger partial charge in [-0.05, 0) is 43.3 Å². The first kappa shape index (κ1) is 17.7. The van der Waals surface area contributed by atoms with Gasteiger partial charge in [0.15, 0.2) is 0 Å². The van der Waals surface area contributed by atoms with Crippen LogP contribution in [0.25, 0.3) is 5.69 Å². The van der Waals surface area contributed by atoms with E-state index in [2.05, 4.69) is 10.3 Å². The second kappa shape index (κ2) is 7.11. The van der Waals surface area contributed by atoms with Gasteiger partial charge in [0.25, 0.3) is 11.8 Å². The van der Waals surface area contributed by atoms with E-state index in [1.165, 1.54) is 0 Å². The van der Waals surface area contributed by atoms with E-state index in [0.29, 0.717) is 16.8 Å². The number of nitrogens with one attached hydrogen (secondary N) is 1. The Bertz CT molecular complexity index is 1060. The molecule has 0 bridgehead atoms. The van der Waals surface area contributed by atoms with Gasteiger partial charge in [-0.2, -0.15) is 0 Å². The second-order valence-corrected chi connectivity index (χ2v) is 6.63. The highest BCUT2D eigenvalue weighted by Crippen LogP contribution is 2.24. The van der Waals surface area contributed by atoms with E-state index in [1.807, 2.05) is 29.8 Å². The smallest absolute Gasteiger partial charge is 0.261 e. The molecular weight excluding hydrogens is 356 g/mol. The summed E-state index contributed by atoms with van der Waals surface area (Å²) in [6.45, 7) is 1.91. The molecule has 0 aliphatic carbocycles. The number of rotatable bonds is 5. The maximum Gasteiger partial charge on any atom is 0.261 e. The van der Waals surface area contributed by atoms with E-state index in [1.54, 1.807) is 42.9 Å². The number of aryl methyl sites for hydroxylation is 1. The van der Waals surface area contributed by atoms with E-state index in [-0.39, 0.29) is 30.7 Å². The van der Waals surface area contributed by atoms with Gasteiger partial charge in [-0.1, -0.05) is 11.6 Å². The molecule has 0 radical (unpaired) electrons. The van der Waals surface area contributed by atoms with Gasteiger partial charge in [0.1, 0.15) is 0 Å². The Kier molecular flexibility index (Phi) is 4.49. The van der Waals surface area contributed by atoms with Crippen LogP contribution >= 0.6 is 0 Å². The zero-order chi connectivity index (χ0) is 19.7. The number of imide groups is 1. The van der Waals surface area contributed by atoms with Crippen LogP contribution in [-0.4, -0.2) is 38.7 Å². The molecule has 140 valence electrons. The molecule has 28 heavy (non-hydrogen) atoms. The monoisotopic (exact) mass is 374 g/mol. The first-order valence-corrected chi connectivity index (χ1v) is 8.88. The van der Waals surface area contributed by atoms with Crippen molar-refractivity contribution in [2.24, 2.45) is 0 Å². The number of amides is 3. The average molecular weight is 374 g/mol. The van der Waals surface area contributed by atoms with Gasteiger partial charge in [0.2, 0.25) is 5.91 Å². The highest BCUT2D eigenvalue weighted by molar-refractivity contribution is 6.21. The number of fused-ring (bicyclic) bond motifs is 1. The molecule has 0 fully saturated rings. The van der Waals surface area contributed by atoms with Gasteiger partial charge in [-0.15, -0.1) is 0 Å². The fraction of sp³-hybridized carbons (Fsp3) is 0.143. The van der Waals surface area contributed by atoms with Crippen LogP contribution in [0, 0.1) is 6.92 Å². The summed E-state index contributed by atoms with van der Waals surface area (Å²) in [6, 6.07) is 12.5. The highest BCUT2D eigenvalue weighted by atomic mass is 16.2. The molecule has 0 saturated heterocycles. The Morgan fingerprint density at radius 3 is 2.50 bits per heavy atom. The Labute approximate surface area is 161 Å². The number of benzene rings is 2. The number of anilines is 1. The normalized spacial score (nSPS) is 13.0. The van der Waals surface area contributed by atoms with Crippen LogP contribution in [-0.2, 0) is 4.79 Å². The minimum absolute atomic E-state index is 0.0354. The summed E-state index contributed by atoms with van der Waals surface area (Å²) in [5, 5.41) is 2.79. The maximum atomic E-state index is 12.4. The zero-order valence-corrected chi connectivity index (χ0v) is 15.3. The van der Waals surface area contributed by atoms with E-state index in [4.69, 9.17) is 0 Å². The van der Waals surface area contributed by atoms with Crippen molar-refractivity contribution in [1.29, 1.82) is 0 Å². The van der Waals surface area contributed by atoms with Crippen molar-refractivity contribution in [2.45, 2.75) is 13.3 Å². The molecule has 1 aliphatic heterocycles. The molecule has 1 aliphatic rings. The summed E-state index contributed by atoms with van der Waals surface area (Å²) >= 11 is 0. The number of carbonyl (C=O) groups excluding carboxylic acids is 3. The lowest BCUT2D eigenvalue weighted by molar-refractivity contribution is -0.116. The van der Waals surface area contributed by atoms with E-state index >= 15 is 0 Å². The van der Waals surface area contributed by atoms with E-state index in [0.717, 1.165) is 16.2 Å². The molecule has 2 heterocycles. The van der Waals surface area contributed by atoms with Crippen LogP contribution in [0.5, 0.6) is 0 Å². The van der Waals surface area contributed by atoms with Gasteiger partial charge >= 0.3 is 0 Å². The Morgan fingerprint density at radius 2 is 1.79 bits per heavy atom. The van der Waals surface area contributed by atoms with Crippen molar-refractivity contribution in [1.82, 2.24) is 14.5 Å². The number of nitrogens with zero attached hydrogens (tertiary/aromatic N) is 3. The number of imidazole rings is 1. The molecule has 3 amide bonds. The lowest BCUT2D eigenvalue weighted by Gasteiger charge is -2.13. The minimum Gasteiger partial charge on any atom is -0.326 e. The van der Waals surface area contributed by atoms with Crippen molar-refractivity contribution in [3.63, 3.8) is 0 Å². The molecule has 1 aromatic heterocycles. The van der Waals surface area contributed by atoms with Crippen molar-refractivity contribution in [3.8, 4) is 5.69 Å². The average Bonchev–Trinajstić information content (AvgIpc) is 3.29. The summed E-state index contributed by atoms with van der Waals surface area (Å²) < 4.78 is 1.86. The first-order chi connectivity index (χ1) is 13.5. The molecule has 3 aromatic rings. The molecule has 0 spiro atoms. The fourth-order valence-electron chi connectivity index (χ4n) is 3.17. The SMILES string of the molecule is Cc1ccc2c(c1)C(=O)N(CCC(=O)Nc1ccc(-n3ccnc3)cc1)C2=O. The zero-order valence-electron chi connectivity index (χ0n) is 15.3. The van der Waals surface area contributed by atoms with Gasteiger partial charge < -0.3 is 9.88 Å². The van der Waals surface area contributed by atoms with Gasteiger partial charge in [0, 0.05) is 36.7 Å². The molecule has 1 N–H and O–H groups in total. The Hall–Kier alpha value is -3.74. The molecule has 4 rings (SSSR count). The third-order valence-electron chi connectivity index (χ3n) is 4.64. The van der Waals surface area contributed by atoms with Gasteiger partial charge in [-0.3, -0.25) is 19.3 Å². The van der Waals surface area contributed by atoms with Gasteiger partial charge in [-0.25, -0.2) is 4.98 Å². The number of hydrogen-bond acceptors (Lipinski definition) is 4. The third-order valence-corrected chi connectivity index (χ3v) is 4.64. The lowest BCUT2D eigenvalue weighted by atomic mass is 10.1. The predicted molar refractivity (Wildman–Crippen MR) is 103 cm³/mol. The largest absolute Gasteiger partial charge is 0.326 e. The molecular formula is C21H18N4O3. The summed E-state index contributed by atoms with van der Waals surface area (Å²) in [6.07, 6.45) is 5.25. The first-order valence-electron chi connectivity index (χ1n) is 8.88. The van der Waals surface area contributed by atoms with Crippen LogP contribution in [0.15, 0.2) is 61.2 Å². The van der Waals surface area contributed by atoms with Gasteiger partial charge in [0.05, 0.1) is 17.5 Å². The number of hydrogen-bond donors (Lipinski definition) is 1. The Morgan fingerprint density at radius 1 is 1.04 bits per heavy atom. The predicted octanol–water partition coefficient (Wildman–Crippen LogP) is 2.81. The molecule has 0 unspecified atom stereocenters. The van der Waals surface area contributed by atoms with Crippen LogP contribution in [0.3, 0.4) is 0 Å². The van der Waals surface area contributed by atoms with Crippen molar-refractivity contribution < 1.29 is 14.4 Å². The van der Waals surface area contributed by atoms with Crippen molar-refractivity contribution >= 4 is 23.4 Å². The molecule has 7 heteroatoms. The van der Waals surface area contributed by atoms with E-state index in [9.17, 15) is 14.4 Å². The highest BCUT2D eigenvalue weighted by Gasteiger charge is 2.35. The second-order valence-electron chi connectivity index (χ2n) is 6.63. The maximum absolute atomic E-state index is 12.4.